The Morgan fingerprint density at radius 2 is 1.82 bits per heavy atom. The number of nitrogens with zero attached hydrogens (tertiary/aromatic N) is 1. The number of benzene rings is 2. The van der Waals surface area contributed by atoms with Gasteiger partial charge in [-0.3, -0.25) is 4.72 Å². The van der Waals surface area contributed by atoms with E-state index < -0.39 is 10.0 Å². The number of aliphatic imine (C=N–C) groups is 1. The molecule has 0 amide bonds. The van der Waals surface area contributed by atoms with Crippen LogP contribution in [0.5, 0.6) is 11.5 Å². The lowest BCUT2D eigenvalue weighted by Gasteiger charge is -2.12. The van der Waals surface area contributed by atoms with Gasteiger partial charge < -0.3 is 15.2 Å². The third kappa shape index (κ3) is 9.85. The number of anilines is 1. The van der Waals surface area contributed by atoms with Gasteiger partial charge in [0.15, 0.2) is 0 Å². The highest BCUT2D eigenvalue weighted by molar-refractivity contribution is 7.99. The third-order valence-electron chi connectivity index (χ3n) is 5.09. The van der Waals surface area contributed by atoms with Crippen LogP contribution in [0.1, 0.15) is 51.0 Å². The van der Waals surface area contributed by atoms with E-state index in [0.29, 0.717) is 23.7 Å². The topological polar surface area (TPSA) is 103 Å². The Morgan fingerprint density at radius 1 is 1.06 bits per heavy atom. The zero-order valence-electron chi connectivity index (χ0n) is 20.4. The molecule has 7 nitrogen and oxygen atoms in total. The van der Waals surface area contributed by atoms with E-state index in [-0.39, 0.29) is 10.9 Å². The normalized spacial score (nSPS) is 11.9. The molecule has 2 aromatic rings. The summed E-state index contributed by atoms with van der Waals surface area (Å²) in [6.07, 6.45) is 7.43. The fourth-order valence-electron chi connectivity index (χ4n) is 3.28. The maximum atomic E-state index is 12.8. The maximum absolute atomic E-state index is 12.8. The molecular formula is C25H37N3O4S2. The van der Waals surface area contributed by atoms with Crippen LogP contribution in [0.25, 0.3) is 0 Å². The molecule has 0 aliphatic rings. The molecule has 188 valence electrons. The van der Waals surface area contributed by atoms with Crippen molar-refractivity contribution in [2.75, 3.05) is 29.9 Å². The molecule has 9 heteroatoms. The lowest BCUT2D eigenvalue weighted by molar-refractivity contribution is 0.412. The average molecular weight is 508 g/mol. The molecule has 34 heavy (non-hydrogen) atoms. The first-order valence-corrected chi connectivity index (χ1v) is 14.3. The number of nitrogens with one attached hydrogen (secondary N) is 1. The van der Waals surface area contributed by atoms with Crippen LogP contribution in [0, 0.1) is 6.92 Å². The standard InChI is InChI=1S/C25H37N3O4S2/c1-4-5-6-7-8-16-33-17-10-15-27-25(26)32-22-11-9-12-23(19-22)34(29,30)28-21-13-14-24(31-3)20(2)18-21/h9,11-14,18-19,28H,4-8,10,15-17H2,1-3H3,(H2,26,27). The Morgan fingerprint density at radius 3 is 2.56 bits per heavy atom. The molecule has 0 saturated carbocycles. The minimum atomic E-state index is -3.80. The van der Waals surface area contributed by atoms with Crippen molar-refractivity contribution in [2.45, 2.75) is 57.3 Å². The Kier molecular flexibility index (Phi) is 12.1. The van der Waals surface area contributed by atoms with Crippen molar-refractivity contribution >= 4 is 33.5 Å². The van der Waals surface area contributed by atoms with Gasteiger partial charge in [0, 0.05) is 18.3 Å². The summed E-state index contributed by atoms with van der Waals surface area (Å²) in [7, 11) is -2.23. The number of thioether (sulfide) groups is 1. The van der Waals surface area contributed by atoms with Crippen LogP contribution >= 0.6 is 11.8 Å². The second-order valence-corrected chi connectivity index (χ2v) is 10.9. The quantitative estimate of drug-likeness (QED) is 0.185. The van der Waals surface area contributed by atoms with Gasteiger partial charge in [-0.15, -0.1) is 0 Å². The van der Waals surface area contributed by atoms with E-state index in [0.717, 1.165) is 17.7 Å². The summed E-state index contributed by atoms with van der Waals surface area (Å²) in [5.74, 6) is 3.23. The van der Waals surface area contributed by atoms with Crippen molar-refractivity contribution in [3.8, 4) is 11.5 Å². The van der Waals surface area contributed by atoms with Gasteiger partial charge in [0.05, 0.1) is 12.0 Å². The predicted molar refractivity (Wildman–Crippen MR) is 143 cm³/mol. The molecule has 0 aliphatic carbocycles. The molecule has 2 aromatic carbocycles. The summed E-state index contributed by atoms with van der Waals surface area (Å²) in [4.78, 5) is 4.32. The highest BCUT2D eigenvalue weighted by atomic mass is 32.2. The first-order valence-electron chi connectivity index (χ1n) is 11.7. The van der Waals surface area contributed by atoms with Crippen molar-refractivity contribution in [2.24, 2.45) is 10.7 Å². The minimum Gasteiger partial charge on any atom is -0.496 e. The smallest absolute Gasteiger partial charge is 0.287 e. The molecule has 0 aromatic heterocycles. The Hall–Kier alpha value is -2.39. The minimum absolute atomic E-state index is 0.0258. The van der Waals surface area contributed by atoms with Crippen LogP contribution in [0.4, 0.5) is 5.69 Å². The molecule has 0 aliphatic heterocycles. The number of aryl methyl sites for hydroxylation is 1. The summed E-state index contributed by atoms with van der Waals surface area (Å²) in [5, 5.41) is 0. The molecule has 0 radical (unpaired) electrons. The van der Waals surface area contributed by atoms with E-state index in [9.17, 15) is 8.42 Å². The highest BCUT2D eigenvalue weighted by Crippen LogP contribution is 2.25. The summed E-state index contributed by atoms with van der Waals surface area (Å²) in [6.45, 7) is 4.65. The summed E-state index contributed by atoms with van der Waals surface area (Å²) in [5.41, 5.74) is 7.16. The van der Waals surface area contributed by atoms with Gasteiger partial charge in [0.25, 0.3) is 16.0 Å². The number of unbranched alkanes of at least 4 members (excludes halogenated alkanes) is 4. The van der Waals surface area contributed by atoms with Crippen LogP contribution in [-0.4, -0.2) is 39.6 Å². The molecule has 0 unspecified atom stereocenters. The van der Waals surface area contributed by atoms with E-state index in [1.165, 1.54) is 50.0 Å². The first kappa shape index (κ1) is 27.9. The van der Waals surface area contributed by atoms with Gasteiger partial charge in [0.2, 0.25) is 0 Å². The van der Waals surface area contributed by atoms with Gasteiger partial charge >= 0.3 is 0 Å². The van der Waals surface area contributed by atoms with Crippen LogP contribution in [0.15, 0.2) is 52.4 Å². The number of rotatable bonds is 15. The predicted octanol–water partition coefficient (Wildman–Crippen LogP) is 5.59. The van der Waals surface area contributed by atoms with Crippen molar-refractivity contribution in [3.05, 3.63) is 48.0 Å². The zero-order valence-corrected chi connectivity index (χ0v) is 22.0. The van der Waals surface area contributed by atoms with Gasteiger partial charge in [-0.05, 0) is 67.2 Å². The molecular weight excluding hydrogens is 470 g/mol. The van der Waals surface area contributed by atoms with Gasteiger partial charge in [-0.2, -0.15) is 11.8 Å². The van der Waals surface area contributed by atoms with Gasteiger partial charge in [-0.1, -0.05) is 38.7 Å². The lowest BCUT2D eigenvalue weighted by atomic mass is 10.2. The van der Waals surface area contributed by atoms with E-state index in [4.69, 9.17) is 15.2 Å². The van der Waals surface area contributed by atoms with Crippen molar-refractivity contribution in [1.29, 1.82) is 0 Å². The van der Waals surface area contributed by atoms with Crippen molar-refractivity contribution < 1.29 is 17.9 Å². The summed E-state index contributed by atoms with van der Waals surface area (Å²) >= 11 is 1.94. The molecule has 0 saturated heterocycles. The summed E-state index contributed by atoms with van der Waals surface area (Å²) in [6, 6.07) is 11.3. The van der Waals surface area contributed by atoms with Crippen molar-refractivity contribution in [3.63, 3.8) is 0 Å². The number of sulfonamides is 1. The molecule has 0 fully saturated rings. The first-order chi connectivity index (χ1) is 16.4. The summed E-state index contributed by atoms with van der Waals surface area (Å²) < 4.78 is 39.0. The Balaban J connectivity index is 1.83. The van der Waals surface area contributed by atoms with Crippen LogP contribution in [0.3, 0.4) is 0 Å². The molecule has 0 bridgehead atoms. The molecule has 0 atom stereocenters. The maximum Gasteiger partial charge on any atom is 0.287 e. The van der Waals surface area contributed by atoms with Crippen LogP contribution in [0.2, 0.25) is 0 Å². The van der Waals surface area contributed by atoms with E-state index in [2.05, 4.69) is 16.6 Å². The fraction of sp³-hybridized carbons (Fsp3) is 0.480. The SMILES string of the molecule is CCCCCCCSCCCN=C(N)Oc1cccc(S(=O)(=O)Nc2ccc(OC)c(C)c2)c1. The largest absolute Gasteiger partial charge is 0.496 e. The van der Waals surface area contributed by atoms with E-state index in [1.807, 2.05) is 18.7 Å². The van der Waals surface area contributed by atoms with E-state index in [1.54, 1.807) is 37.4 Å². The van der Waals surface area contributed by atoms with E-state index >= 15 is 0 Å². The second-order valence-electron chi connectivity index (χ2n) is 7.97. The average Bonchev–Trinajstić information content (AvgIpc) is 2.80. The number of ether oxygens (including phenoxy) is 2. The molecule has 0 heterocycles. The van der Waals surface area contributed by atoms with Crippen molar-refractivity contribution in [1.82, 2.24) is 0 Å². The lowest BCUT2D eigenvalue weighted by Crippen LogP contribution is -2.20. The second kappa shape index (κ2) is 14.8. The number of amidine groups is 1. The number of hydrogen-bond donors (Lipinski definition) is 2. The Labute approximate surface area is 208 Å². The van der Waals surface area contributed by atoms with Gasteiger partial charge in [-0.25, -0.2) is 13.4 Å². The third-order valence-corrected chi connectivity index (χ3v) is 7.63. The highest BCUT2D eigenvalue weighted by Gasteiger charge is 2.16. The van der Waals surface area contributed by atoms with Crippen LogP contribution in [-0.2, 0) is 10.0 Å². The molecule has 3 N–H and O–H groups in total. The molecule has 2 rings (SSSR count). The number of methoxy groups -OCH3 is 1. The Bertz CT molecular complexity index is 1030. The number of nitrogens with two attached hydrogens (primary N) is 1. The number of hydrogen-bond acceptors (Lipinski definition) is 6. The monoisotopic (exact) mass is 507 g/mol. The fourth-order valence-corrected chi connectivity index (χ4v) is 5.31. The van der Waals surface area contributed by atoms with Crippen LogP contribution < -0.4 is 19.9 Å². The molecule has 0 spiro atoms. The zero-order chi connectivity index (χ0) is 24.8. The van der Waals surface area contributed by atoms with Gasteiger partial charge in [0.1, 0.15) is 11.5 Å².